The number of furan rings is 2. The largest absolute Gasteiger partial charge is 0.454 e. The van der Waals surface area contributed by atoms with E-state index in [0.29, 0.717) is 0 Å². The number of hydrogen-bond acceptors (Lipinski definition) is 5. The second-order valence-corrected chi connectivity index (χ2v) is 37.9. The molecule has 97 heavy (non-hydrogen) atoms. The molecule has 6 heteroatoms. The zero-order valence-electron chi connectivity index (χ0n) is 58.4. The third-order valence-electron chi connectivity index (χ3n) is 21.0. The molecule has 0 bridgehead atoms. The molecule has 4 nitrogen and oxygen atoms in total. The van der Waals surface area contributed by atoms with Crippen LogP contribution in [0.2, 0.25) is 19.6 Å². The summed E-state index contributed by atoms with van der Waals surface area (Å²) in [7, 11) is -1.81. The van der Waals surface area contributed by atoms with Gasteiger partial charge >= 0.3 is 0 Å². The minimum atomic E-state index is -1.81. The lowest BCUT2D eigenvalue weighted by Crippen LogP contribution is -2.38. The Morgan fingerprint density at radius 2 is 0.794 bits per heavy atom. The normalized spacial score (nSPS) is 15.1. The molecule has 2 heterocycles. The van der Waals surface area contributed by atoms with E-state index < -0.39 is 18.9 Å². The van der Waals surface area contributed by atoms with E-state index in [9.17, 15) is 0 Å². The Morgan fingerprint density at radius 3 is 1.32 bits per heavy atom. The number of rotatable bonds is 11. The van der Waals surface area contributed by atoms with E-state index >= 15 is 0 Å². The first-order valence-electron chi connectivity index (χ1n) is 34.5. The van der Waals surface area contributed by atoms with E-state index in [-0.39, 0.29) is 16.2 Å². The lowest BCUT2D eigenvalue weighted by atomic mass is 9.67. The van der Waals surface area contributed by atoms with E-state index in [1.54, 1.807) is 0 Å². The van der Waals surface area contributed by atoms with Crippen LogP contribution < -0.4 is 15.0 Å². The second kappa shape index (κ2) is 22.5. The average molecular weight is 1300 g/mol. The van der Waals surface area contributed by atoms with Crippen LogP contribution >= 0.6 is 11.8 Å². The predicted molar refractivity (Wildman–Crippen MR) is 415 cm³/mol. The van der Waals surface area contributed by atoms with Crippen molar-refractivity contribution in [3.63, 3.8) is 0 Å². The second-order valence-electron chi connectivity index (χ2n) is 31.7. The molecule has 0 saturated heterocycles. The maximum absolute atomic E-state index is 7.18. The van der Waals surface area contributed by atoms with Crippen LogP contribution in [0.4, 0.5) is 34.1 Å². The summed E-state index contributed by atoms with van der Waals surface area (Å²) in [6.45, 7) is 32.9. The molecule has 0 fully saturated rings. The minimum absolute atomic E-state index is 0.0483. The minimum Gasteiger partial charge on any atom is -0.454 e. The van der Waals surface area contributed by atoms with Crippen molar-refractivity contribution in [1.29, 1.82) is 0 Å². The molecule has 0 aliphatic heterocycles. The molecule has 12 aromatic carbocycles. The Morgan fingerprint density at radius 1 is 0.361 bits per heavy atom. The molecule has 0 saturated carbocycles. The third-order valence-corrected chi connectivity index (χ3v) is 24.1. The molecule has 0 amide bonds. The highest BCUT2D eigenvalue weighted by molar-refractivity contribution is 7.99. The average Bonchev–Trinajstić information content (AvgIpc) is 1.51. The number of fused-ring (bicyclic) bond motifs is 13. The number of anilines is 6. The van der Waals surface area contributed by atoms with Gasteiger partial charge in [-0.05, 0) is 180 Å². The smallest absolute Gasteiger partial charge is 0.159 e. The van der Waals surface area contributed by atoms with Gasteiger partial charge in [-0.25, -0.2) is 0 Å². The van der Waals surface area contributed by atoms with Gasteiger partial charge in [0.1, 0.15) is 11.2 Å². The first-order chi connectivity index (χ1) is 46.4. The summed E-state index contributed by atoms with van der Waals surface area (Å²) < 4.78 is 14.2. The molecule has 2 aliphatic carbocycles. The molecule has 2 aromatic heterocycles. The van der Waals surface area contributed by atoms with Crippen LogP contribution in [0.25, 0.3) is 66.1 Å². The maximum atomic E-state index is 7.18. The zero-order chi connectivity index (χ0) is 67.3. The Bertz CT molecular complexity index is 5410. The van der Waals surface area contributed by atoms with Gasteiger partial charge in [-0.1, -0.05) is 277 Å². The molecule has 1 atom stereocenters. The van der Waals surface area contributed by atoms with Gasteiger partial charge in [-0.15, -0.1) is 0 Å². The molecule has 2 aliphatic rings. The molecule has 0 N–H and O–H groups in total. The van der Waals surface area contributed by atoms with Crippen molar-refractivity contribution in [2.45, 2.75) is 133 Å². The first-order valence-corrected chi connectivity index (χ1v) is 38.8. The van der Waals surface area contributed by atoms with Crippen molar-refractivity contribution in [1.82, 2.24) is 0 Å². The highest BCUT2D eigenvalue weighted by Gasteiger charge is 2.52. The van der Waals surface area contributed by atoms with Gasteiger partial charge in [0, 0.05) is 53.8 Å². The van der Waals surface area contributed by atoms with Gasteiger partial charge in [0.15, 0.2) is 11.2 Å². The number of hydrogen-bond donors (Lipinski definition) is 0. The van der Waals surface area contributed by atoms with Crippen molar-refractivity contribution >= 4 is 103 Å². The lowest BCUT2D eigenvalue weighted by molar-refractivity contribution is 0.589. The molecular weight excluding hydrogens is 1210 g/mol. The summed E-state index contributed by atoms with van der Waals surface area (Å²) in [5, 5.41) is 5.78. The summed E-state index contributed by atoms with van der Waals surface area (Å²) in [5.41, 5.74) is 24.5. The fourth-order valence-electron chi connectivity index (χ4n) is 15.9. The van der Waals surface area contributed by atoms with Crippen LogP contribution in [-0.4, -0.2) is 8.07 Å². The first kappa shape index (κ1) is 62.2. The van der Waals surface area contributed by atoms with Gasteiger partial charge in [-0.2, -0.15) is 0 Å². The summed E-state index contributed by atoms with van der Waals surface area (Å²) in [6.07, 6.45) is 0. The standard InChI is InChI=1S/C91H84N2O2SSi/c1-87(2,3)57-33-43-62(44-34-57)92(77-29-21-26-70-68-23-16-19-31-80(68)94-85(70)77)64-47-54-73-75(55-64)91(61-41-52-67(53-42-61)97(12,13)14,60-39-50-66(51-40-60)96-65-48-37-59(38-49-65)89(7,8)9)76-56-79(84-83(82(73)76)72-25-15-18-28-74(72)90(84,10)11)93(63-45-35-58(36-46-63)88(4,5)6)78-30-22-27-71-69-24-17-20-32-81(69)95-86(71)78/h15-56H,1-14H3. The Labute approximate surface area is 577 Å². The van der Waals surface area contributed by atoms with Crippen molar-refractivity contribution in [3.8, 4) is 22.3 Å². The molecule has 480 valence electrons. The van der Waals surface area contributed by atoms with Crippen molar-refractivity contribution in [2.24, 2.45) is 0 Å². The van der Waals surface area contributed by atoms with Crippen molar-refractivity contribution in [2.75, 3.05) is 9.80 Å². The molecule has 16 rings (SSSR count). The van der Waals surface area contributed by atoms with E-state index in [0.717, 1.165) is 78.0 Å². The Balaban J connectivity index is 1.04. The number of nitrogens with zero attached hydrogens (tertiary/aromatic N) is 2. The summed E-state index contributed by atoms with van der Waals surface area (Å²) in [5.74, 6) is 0. The Kier molecular flexibility index (Phi) is 14.4. The predicted octanol–water partition coefficient (Wildman–Crippen LogP) is 25.7. The van der Waals surface area contributed by atoms with Gasteiger partial charge in [0.05, 0.1) is 30.6 Å². The molecule has 0 radical (unpaired) electrons. The fourth-order valence-corrected chi connectivity index (χ4v) is 17.8. The topological polar surface area (TPSA) is 32.8 Å². The molecule has 0 spiro atoms. The van der Waals surface area contributed by atoms with E-state index in [1.807, 2.05) is 11.8 Å². The van der Waals surface area contributed by atoms with Crippen LogP contribution in [0.5, 0.6) is 0 Å². The van der Waals surface area contributed by atoms with E-state index in [4.69, 9.17) is 8.83 Å². The number of benzene rings is 12. The van der Waals surface area contributed by atoms with Crippen LogP contribution in [0.3, 0.4) is 0 Å². The summed E-state index contributed by atoms with van der Waals surface area (Å²) in [6, 6.07) is 96.9. The van der Waals surface area contributed by atoms with Gasteiger partial charge in [0.2, 0.25) is 0 Å². The van der Waals surface area contributed by atoms with E-state index in [2.05, 4.69) is 360 Å². The van der Waals surface area contributed by atoms with E-state index in [1.165, 1.54) is 87.3 Å². The van der Waals surface area contributed by atoms with Crippen LogP contribution in [0, 0.1) is 0 Å². The van der Waals surface area contributed by atoms with Crippen LogP contribution in [0.15, 0.2) is 273 Å². The van der Waals surface area contributed by atoms with Gasteiger partial charge in [-0.3, -0.25) is 0 Å². The van der Waals surface area contributed by atoms with Gasteiger partial charge in [0.25, 0.3) is 0 Å². The SMILES string of the molecule is CC(C)(C)c1ccc(Sc2ccc(C3(c4ccc([Si](C)(C)C)cc4)c4cc(N(c5ccc(C(C)(C)C)cc5)c5cccc6c5oc5ccccc56)ccc4-c4c3cc(N(c3ccc(C(C)(C)C)cc3)c3cccc5c3oc3ccccc35)c3c4-c4ccccc4C3(C)C)cc2)cc1. The van der Waals surface area contributed by atoms with Gasteiger partial charge < -0.3 is 18.6 Å². The molecule has 1 unspecified atom stereocenters. The monoisotopic (exact) mass is 1300 g/mol. The van der Waals surface area contributed by atoms with Crippen molar-refractivity contribution < 1.29 is 8.83 Å². The molecular formula is C91H84N2O2SSi. The van der Waals surface area contributed by atoms with Crippen LogP contribution in [0.1, 0.15) is 126 Å². The third kappa shape index (κ3) is 10.1. The summed E-state index contributed by atoms with van der Waals surface area (Å²) in [4.78, 5) is 7.40. The van der Waals surface area contributed by atoms with Crippen LogP contribution in [-0.2, 0) is 27.1 Å². The zero-order valence-corrected chi connectivity index (χ0v) is 60.2. The number of para-hydroxylation sites is 4. The summed E-state index contributed by atoms with van der Waals surface area (Å²) >= 11 is 1.82. The Hall–Kier alpha value is -9.59. The highest BCUT2D eigenvalue weighted by Crippen LogP contribution is 2.66. The lowest BCUT2D eigenvalue weighted by Gasteiger charge is -2.37. The van der Waals surface area contributed by atoms with Crippen molar-refractivity contribution in [3.05, 3.63) is 305 Å². The molecule has 14 aromatic rings. The fraction of sp³-hybridized carbons (Fsp3) is 0.209. The quantitative estimate of drug-likeness (QED) is 0.121. The maximum Gasteiger partial charge on any atom is 0.159 e. The highest BCUT2D eigenvalue weighted by atomic mass is 32.2.